The number of aliphatic hydroxyl groups excluding tert-OH is 1. The molecule has 0 radical (unpaired) electrons. The van der Waals surface area contributed by atoms with Gasteiger partial charge in [-0.15, -0.1) is 0 Å². The third-order valence-corrected chi connectivity index (χ3v) is 6.32. The average Bonchev–Trinajstić information content (AvgIpc) is 2.73. The summed E-state index contributed by atoms with van der Waals surface area (Å²) < 4.78 is 0. The molecule has 0 bridgehead atoms. The maximum atomic E-state index is 12.7. The first-order valence-corrected chi connectivity index (χ1v) is 10.7. The molecule has 0 aromatic heterocycles. The summed E-state index contributed by atoms with van der Waals surface area (Å²) in [5.41, 5.74) is 14.7. The zero-order chi connectivity index (χ0) is 21.0. The number of likely N-dealkylation sites (tertiary alicyclic amines) is 1. The number of nitrogens with two attached hydrogens (primary N) is 2. The molecule has 1 unspecified atom stereocenters. The summed E-state index contributed by atoms with van der Waals surface area (Å²) in [7, 11) is 0. The van der Waals surface area contributed by atoms with Gasteiger partial charge in [0.05, 0.1) is 5.54 Å². The Labute approximate surface area is 172 Å². The highest BCUT2D eigenvalue weighted by Gasteiger charge is 2.34. The van der Waals surface area contributed by atoms with E-state index in [2.05, 4.69) is 12.1 Å². The Morgan fingerprint density at radius 1 is 1.24 bits per heavy atom. The third kappa shape index (κ3) is 4.87. The number of carbonyl (C=O) groups is 2. The minimum absolute atomic E-state index is 0.0953. The summed E-state index contributed by atoms with van der Waals surface area (Å²) in [6, 6.07) is 6.00. The first-order valence-electron chi connectivity index (χ1n) is 10.7. The first-order chi connectivity index (χ1) is 13.8. The number of allylic oxidation sites excluding steroid dienone is 2. The van der Waals surface area contributed by atoms with Crippen LogP contribution >= 0.6 is 0 Å². The molecule has 5 N–H and O–H groups in total. The molecule has 1 atom stereocenters. The van der Waals surface area contributed by atoms with Gasteiger partial charge in [0, 0.05) is 25.3 Å². The van der Waals surface area contributed by atoms with Crippen LogP contribution in [0, 0.1) is 0 Å². The van der Waals surface area contributed by atoms with Crippen molar-refractivity contribution in [3.63, 3.8) is 0 Å². The predicted molar refractivity (Wildman–Crippen MR) is 114 cm³/mol. The van der Waals surface area contributed by atoms with E-state index in [4.69, 9.17) is 16.6 Å². The second-order valence-corrected chi connectivity index (χ2v) is 8.60. The average molecular weight is 400 g/mol. The summed E-state index contributed by atoms with van der Waals surface area (Å²) in [5.74, 6) is -0.141. The molecule has 3 rings (SSSR count). The molecule has 6 heteroatoms. The maximum Gasteiger partial charge on any atom is 0.249 e. The quantitative estimate of drug-likeness (QED) is 0.683. The Balaban J connectivity index is 1.75. The lowest BCUT2D eigenvalue weighted by Crippen LogP contribution is -2.55. The lowest BCUT2D eigenvalue weighted by atomic mass is 9.84. The Bertz CT molecular complexity index is 793. The van der Waals surface area contributed by atoms with Crippen molar-refractivity contribution in [2.75, 3.05) is 19.7 Å². The number of nitrogens with zero attached hydrogens (tertiary/aromatic N) is 1. The van der Waals surface area contributed by atoms with Crippen LogP contribution < -0.4 is 11.5 Å². The lowest BCUT2D eigenvalue weighted by Gasteiger charge is -2.37. The topological polar surface area (TPSA) is 110 Å². The molecule has 6 nitrogen and oxygen atoms in total. The molecule has 1 aliphatic carbocycles. The number of piperidine rings is 1. The molecule has 0 saturated carbocycles. The fourth-order valence-corrected chi connectivity index (χ4v) is 4.50. The minimum Gasteiger partial charge on any atom is -0.396 e. The second-order valence-electron chi connectivity index (χ2n) is 8.60. The smallest absolute Gasteiger partial charge is 0.249 e. The largest absolute Gasteiger partial charge is 0.396 e. The molecule has 1 saturated heterocycles. The monoisotopic (exact) mass is 399 g/mol. The van der Waals surface area contributed by atoms with Crippen molar-refractivity contribution < 1.29 is 14.7 Å². The van der Waals surface area contributed by atoms with Crippen LogP contribution in [-0.2, 0) is 4.79 Å². The summed E-state index contributed by atoms with van der Waals surface area (Å²) in [6.45, 7) is 2.89. The Kier molecular flexibility index (Phi) is 6.75. The van der Waals surface area contributed by atoms with Crippen LogP contribution in [0.3, 0.4) is 0 Å². The number of carbonyl (C=O) groups excluding carboxylic acids is 2. The fraction of sp³-hybridized carbons (Fsp3) is 0.565. The Hall–Kier alpha value is -2.18. The van der Waals surface area contributed by atoms with Crippen molar-refractivity contribution in [2.24, 2.45) is 11.5 Å². The van der Waals surface area contributed by atoms with Crippen LogP contribution in [0.25, 0.3) is 5.57 Å². The highest BCUT2D eigenvalue weighted by molar-refractivity contribution is 5.98. The van der Waals surface area contributed by atoms with E-state index >= 15 is 0 Å². The van der Waals surface area contributed by atoms with Gasteiger partial charge >= 0.3 is 0 Å². The minimum atomic E-state index is -1.02. The highest BCUT2D eigenvalue weighted by atomic mass is 16.3. The second kappa shape index (κ2) is 9.09. The summed E-state index contributed by atoms with van der Waals surface area (Å²) in [5, 5.41) is 9.15. The van der Waals surface area contributed by atoms with E-state index in [-0.39, 0.29) is 24.8 Å². The summed E-state index contributed by atoms with van der Waals surface area (Å²) in [4.78, 5) is 26.4. The number of hydrogen-bond donors (Lipinski definition) is 3. The van der Waals surface area contributed by atoms with Crippen molar-refractivity contribution in [1.82, 2.24) is 4.90 Å². The van der Waals surface area contributed by atoms with Crippen LogP contribution in [0.1, 0.15) is 79.3 Å². The van der Waals surface area contributed by atoms with E-state index in [0.717, 1.165) is 37.7 Å². The number of primary amides is 1. The predicted octanol–water partition coefficient (Wildman–Crippen LogP) is 2.55. The molecule has 0 spiro atoms. The highest BCUT2D eigenvalue weighted by Crippen LogP contribution is 2.34. The molecular weight excluding hydrogens is 366 g/mol. The van der Waals surface area contributed by atoms with Crippen LogP contribution in [0.5, 0.6) is 0 Å². The fourth-order valence-electron chi connectivity index (χ4n) is 4.50. The molecule has 1 heterocycles. The van der Waals surface area contributed by atoms with E-state index in [1.165, 1.54) is 17.6 Å². The van der Waals surface area contributed by atoms with Gasteiger partial charge < -0.3 is 21.5 Å². The zero-order valence-corrected chi connectivity index (χ0v) is 17.3. The van der Waals surface area contributed by atoms with Gasteiger partial charge in [-0.3, -0.25) is 9.59 Å². The van der Waals surface area contributed by atoms with Gasteiger partial charge in [-0.05, 0) is 80.6 Å². The van der Waals surface area contributed by atoms with Crippen molar-refractivity contribution >= 4 is 17.4 Å². The van der Waals surface area contributed by atoms with Crippen molar-refractivity contribution in [2.45, 2.75) is 63.3 Å². The van der Waals surface area contributed by atoms with Crippen LogP contribution in [0.15, 0.2) is 24.3 Å². The van der Waals surface area contributed by atoms with Gasteiger partial charge in [0.15, 0.2) is 0 Å². The Morgan fingerprint density at radius 3 is 2.55 bits per heavy atom. The van der Waals surface area contributed by atoms with Crippen LogP contribution in [0.2, 0.25) is 0 Å². The molecule has 1 aromatic carbocycles. The van der Waals surface area contributed by atoms with E-state index in [9.17, 15) is 9.59 Å². The number of benzene rings is 1. The zero-order valence-electron chi connectivity index (χ0n) is 17.3. The van der Waals surface area contributed by atoms with Gasteiger partial charge in [0.2, 0.25) is 11.8 Å². The molecule has 158 valence electrons. The Morgan fingerprint density at radius 2 is 1.97 bits per heavy atom. The van der Waals surface area contributed by atoms with Gasteiger partial charge in [-0.2, -0.15) is 0 Å². The lowest BCUT2D eigenvalue weighted by molar-refractivity contribution is -0.138. The SMILES string of the molecule is CC(N)(CCO)C(=O)N1CCC(c2ccc(C(N)=O)c(C3=CCCCC3)c2)CC1. The van der Waals surface area contributed by atoms with Crippen LogP contribution in [0.4, 0.5) is 0 Å². The van der Waals surface area contributed by atoms with E-state index in [0.29, 0.717) is 24.6 Å². The number of hydrogen-bond acceptors (Lipinski definition) is 4. The molecule has 1 fully saturated rings. The van der Waals surface area contributed by atoms with Gasteiger partial charge in [0.25, 0.3) is 0 Å². The molecular formula is C23H33N3O3. The molecule has 29 heavy (non-hydrogen) atoms. The number of amides is 2. The van der Waals surface area contributed by atoms with E-state index < -0.39 is 5.54 Å². The summed E-state index contributed by atoms with van der Waals surface area (Å²) >= 11 is 0. The number of aliphatic hydroxyl groups is 1. The van der Waals surface area contributed by atoms with E-state index in [1.807, 2.05) is 17.0 Å². The van der Waals surface area contributed by atoms with Crippen molar-refractivity contribution in [1.29, 1.82) is 0 Å². The van der Waals surface area contributed by atoms with Gasteiger partial charge in [-0.1, -0.05) is 18.2 Å². The first kappa shape index (κ1) is 21.5. The van der Waals surface area contributed by atoms with Gasteiger partial charge in [0.1, 0.15) is 0 Å². The molecule has 1 aromatic rings. The third-order valence-electron chi connectivity index (χ3n) is 6.32. The van der Waals surface area contributed by atoms with Gasteiger partial charge in [-0.25, -0.2) is 0 Å². The van der Waals surface area contributed by atoms with Crippen LogP contribution in [-0.4, -0.2) is 47.1 Å². The van der Waals surface area contributed by atoms with E-state index in [1.54, 1.807) is 6.92 Å². The number of rotatable bonds is 6. The normalized spacial score (nSPS) is 20.1. The maximum absolute atomic E-state index is 12.7. The van der Waals surface area contributed by atoms with Crippen molar-refractivity contribution in [3.8, 4) is 0 Å². The molecule has 1 aliphatic heterocycles. The standard InChI is InChI=1S/C23H33N3O3/c1-23(25,11-14-27)22(29)26-12-9-16(10-13-26)18-7-8-19(21(24)28)20(15-18)17-5-3-2-4-6-17/h5,7-8,15-16,27H,2-4,6,9-14,25H2,1H3,(H2,24,28). The molecule has 2 amide bonds. The van der Waals surface area contributed by atoms with Crippen molar-refractivity contribution in [3.05, 3.63) is 41.0 Å². The summed E-state index contributed by atoms with van der Waals surface area (Å²) in [6.07, 6.45) is 8.57. The molecule has 2 aliphatic rings.